The molecule has 0 radical (unpaired) electrons. The van der Waals surface area contributed by atoms with Crippen LogP contribution in [0.2, 0.25) is 5.02 Å². The molecule has 0 spiro atoms. The van der Waals surface area contributed by atoms with E-state index in [1.54, 1.807) is 4.90 Å². The molecule has 2 aromatic rings. The van der Waals surface area contributed by atoms with Gasteiger partial charge >= 0.3 is 0 Å². The van der Waals surface area contributed by atoms with E-state index in [0.717, 1.165) is 46.6 Å². The first kappa shape index (κ1) is 20.2. The highest BCUT2D eigenvalue weighted by Crippen LogP contribution is 2.31. The van der Waals surface area contributed by atoms with E-state index < -0.39 is 0 Å². The van der Waals surface area contributed by atoms with Gasteiger partial charge in [0.2, 0.25) is 0 Å². The van der Waals surface area contributed by atoms with Gasteiger partial charge in [0.15, 0.2) is 0 Å². The number of carbonyl (C=O) groups excluding carboxylic acids is 1. The molecule has 1 atom stereocenters. The summed E-state index contributed by atoms with van der Waals surface area (Å²) in [5, 5.41) is 2.90. The lowest BCUT2D eigenvalue weighted by Gasteiger charge is -2.19. The molecule has 0 bridgehead atoms. The number of fused-ring (bicyclic) bond motifs is 1. The van der Waals surface area contributed by atoms with E-state index in [-0.39, 0.29) is 5.91 Å². The quantitative estimate of drug-likeness (QED) is 0.690. The standard InChI is InChI=1S/C23H26ClN3O/c1-4-21(25)20-12-11-17(24)14-22(20)26-15(2)8-7-13-27-16(3)18-9-5-6-10-19(18)23(27)28/h4-6,9-12,14-15,26H,3,7-8,13,25H2,1-2H3/p+1/b21-4+. The Bertz CT molecular complexity index is 900. The fourth-order valence-corrected chi connectivity index (χ4v) is 3.80. The zero-order valence-electron chi connectivity index (χ0n) is 16.4. The Morgan fingerprint density at radius 1 is 1.29 bits per heavy atom. The molecule has 28 heavy (non-hydrogen) atoms. The smallest absolute Gasteiger partial charge is 0.258 e. The molecular formula is C23H27ClN3O+. The first-order valence-electron chi connectivity index (χ1n) is 9.59. The lowest BCUT2D eigenvalue weighted by Crippen LogP contribution is -2.84. The summed E-state index contributed by atoms with van der Waals surface area (Å²) >= 11 is 6.18. The second-order valence-corrected chi connectivity index (χ2v) is 7.65. The van der Waals surface area contributed by atoms with Crippen molar-refractivity contribution >= 4 is 34.6 Å². The third-order valence-corrected chi connectivity index (χ3v) is 5.42. The summed E-state index contributed by atoms with van der Waals surface area (Å²) in [5.74, 6) is 0.0511. The van der Waals surface area contributed by atoms with E-state index in [2.05, 4.69) is 18.8 Å². The number of hydrogen-bond acceptors (Lipinski definition) is 2. The summed E-state index contributed by atoms with van der Waals surface area (Å²) in [7, 11) is 0. The first-order chi connectivity index (χ1) is 13.4. The van der Waals surface area contributed by atoms with E-state index in [0.29, 0.717) is 17.6 Å². The lowest BCUT2D eigenvalue weighted by molar-refractivity contribution is -0.608. The van der Waals surface area contributed by atoms with Gasteiger partial charge in [0, 0.05) is 46.6 Å². The van der Waals surface area contributed by atoms with Crippen molar-refractivity contribution in [2.45, 2.75) is 32.7 Å². The summed E-state index contributed by atoms with van der Waals surface area (Å²) in [6.07, 6.45) is 3.74. The second-order valence-electron chi connectivity index (χ2n) is 7.21. The van der Waals surface area contributed by atoms with Gasteiger partial charge < -0.3 is 16.0 Å². The predicted octanol–water partition coefficient (Wildman–Crippen LogP) is 4.15. The molecule has 0 fully saturated rings. The van der Waals surface area contributed by atoms with Crippen molar-refractivity contribution in [1.82, 2.24) is 4.90 Å². The van der Waals surface area contributed by atoms with Crippen molar-refractivity contribution in [3.8, 4) is 0 Å². The Hall–Kier alpha value is -2.56. The van der Waals surface area contributed by atoms with Gasteiger partial charge in [-0.2, -0.15) is 0 Å². The van der Waals surface area contributed by atoms with E-state index in [4.69, 9.17) is 17.3 Å². The summed E-state index contributed by atoms with van der Waals surface area (Å²) in [4.78, 5) is 14.4. The summed E-state index contributed by atoms with van der Waals surface area (Å²) in [5.41, 5.74) is 11.4. The monoisotopic (exact) mass is 396 g/mol. The summed E-state index contributed by atoms with van der Waals surface area (Å²) < 4.78 is 0. The normalized spacial score (nSPS) is 15.1. The number of hydrogen-bond donors (Lipinski definition) is 2. The highest BCUT2D eigenvalue weighted by molar-refractivity contribution is 6.30. The van der Waals surface area contributed by atoms with E-state index in [1.807, 2.05) is 55.5 Å². The number of rotatable bonds is 7. The van der Waals surface area contributed by atoms with Crippen LogP contribution in [-0.4, -0.2) is 23.4 Å². The van der Waals surface area contributed by atoms with Crippen molar-refractivity contribution in [3.05, 3.63) is 76.8 Å². The van der Waals surface area contributed by atoms with Gasteiger partial charge in [-0.15, -0.1) is 0 Å². The highest BCUT2D eigenvalue weighted by Gasteiger charge is 2.30. The fourth-order valence-electron chi connectivity index (χ4n) is 3.62. The average Bonchev–Trinajstić information content (AvgIpc) is 2.93. The molecule has 0 aromatic heterocycles. The van der Waals surface area contributed by atoms with Crippen molar-refractivity contribution in [2.75, 3.05) is 6.54 Å². The van der Waals surface area contributed by atoms with Crippen LogP contribution in [0.5, 0.6) is 0 Å². The molecule has 1 heterocycles. The molecule has 4 nitrogen and oxygen atoms in total. The van der Waals surface area contributed by atoms with E-state index in [1.165, 1.54) is 0 Å². The van der Waals surface area contributed by atoms with Gasteiger partial charge in [-0.3, -0.25) is 4.79 Å². The largest absolute Gasteiger partial charge is 0.398 e. The lowest BCUT2D eigenvalue weighted by atomic mass is 10.1. The second kappa shape index (κ2) is 8.63. The van der Waals surface area contributed by atoms with Crippen LogP contribution in [0, 0.1) is 0 Å². The fraction of sp³-hybridized carbons (Fsp3) is 0.261. The van der Waals surface area contributed by atoms with Crippen LogP contribution in [0.15, 0.2) is 55.1 Å². The number of carbonyl (C=O) groups is 1. The predicted molar refractivity (Wildman–Crippen MR) is 116 cm³/mol. The Labute approximate surface area is 171 Å². The topological polar surface area (TPSA) is 62.9 Å². The third kappa shape index (κ3) is 4.13. The molecule has 146 valence electrons. The van der Waals surface area contributed by atoms with Crippen LogP contribution in [0.1, 0.15) is 48.2 Å². The van der Waals surface area contributed by atoms with Crippen molar-refractivity contribution < 1.29 is 10.1 Å². The summed E-state index contributed by atoms with van der Waals surface area (Å²) in [6.45, 7) is 8.87. The van der Waals surface area contributed by atoms with E-state index >= 15 is 0 Å². The molecular weight excluding hydrogens is 370 g/mol. The molecule has 5 heteroatoms. The Morgan fingerprint density at radius 3 is 2.68 bits per heavy atom. The molecule has 4 N–H and O–H groups in total. The minimum atomic E-state index is 0.0511. The van der Waals surface area contributed by atoms with Crippen molar-refractivity contribution in [1.29, 1.82) is 0 Å². The molecule has 0 saturated carbocycles. The van der Waals surface area contributed by atoms with Gasteiger partial charge in [-0.1, -0.05) is 42.5 Å². The molecule has 1 aliphatic heterocycles. The van der Waals surface area contributed by atoms with Crippen LogP contribution in [0.4, 0.5) is 5.69 Å². The van der Waals surface area contributed by atoms with Crippen LogP contribution in [0.3, 0.4) is 0 Å². The molecule has 1 amide bonds. The third-order valence-electron chi connectivity index (χ3n) is 5.18. The number of benzene rings is 2. The maximum Gasteiger partial charge on any atom is 0.258 e. The van der Waals surface area contributed by atoms with Crippen LogP contribution in [0.25, 0.3) is 11.4 Å². The average molecular weight is 397 g/mol. The van der Waals surface area contributed by atoms with Crippen molar-refractivity contribution in [2.24, 2.45) is 5.73 Å². The SMILES string of the molecule is C=C1c2ccccc2C(=O)N1CCCC(C)[NH2+]c1cc(Cl)ccc1/C(N)=C\C. The molecule has 0 aliphatic carbocycles. The van der Waals surface area contributed by atoms with Crippen LogP contribution in [-0.2, 0) is 0 Å². The molecule has 0 saturated heterocycles. The number of nitrogens with two attached hydrogens (primary N) is 2. The number of allylic oxidation sites excluding steroid dienone is 1. The van der Waals surface area contributed by atoms with Gasteiger partial charge in [0.25, 0.3) is 5.91 Å². The molecule has 1 aliphatic rings. The van der Waals surface area contributed by atoms with Gasteiger partial charge in [0.1, 0.15) is 5.69 Å². The number of nitrogens with zero attached hydrogens (tertiary/aromatic N) is 1. The van der Waals surface area contributed by atoms with Crippen LogP contribution >= 0.6 is 11.6 Å². The number of halogens is 1. The molecule has 1 unspecified atom stereocenters. The maximum absolute atomic E-state index is 12.6. The van der Waals surface area contributed by atoms with Gasteiger partial charge in [-0.05, 0) is 38.5 Å². The Kier molecular flexibility index (Phi) is 6.22. The molecule has 2 aromatic carbocycles. The zero-order valence-corrected chi connectivity index (χ0v) is 17.2. The highest BCUT2D eigenvalue weighted by atomic mass is 35.5. The maximum atomic E-state index is 12.6. The van der Waals surface area contributed by atoms with Gasteiger partial charge in [-0.25, -0.2) is 0 Å². The Morgan fingerprint density at radius 2 is 2.00 bits per heavy atom. The minimum Gasteiger partial charge on any atom is -0.398 e. The molecule has 3 rings (SSSR count). The van der Waals surface area contributed by atoms with Gasteiger partial charge in [0.05, 0.1) is 11.6 Å². The Balaban J connectivity index is 1.59. The van der Waals surface area contributed by atoms with Crippen LogP contribution < -0.4 is 11.1 Å². The zero-order chi connectivity index (χ0) is 20.3. The first-order valence-corrected chi connectivity index (χ1v) is 9.97. The van der Waals surface area contributed by atoms with Crippen molar-refractivity contribution in [3.63, 3.8) is 0 Å². The number of amides is 1. The summed E-state index contributed by atoms with van der Waals surface area (Å²) in [6, 6.07) is 13.8. The van der Waals surface area contributed by atoms with E-state index in [9.17, 15) is 4.79 Å². The number of quaternary nitrogens is 1. The minimum absolute atomic E-state index is 0.0511.